The molecule has 144 valence electrons. The predicted octanol–water partition coefficient (Wildman–Crippen LogP) is 3.52. The van der Waals surface area contributed by atoms with Crippen molar-refractivity contribution in [3.8, 4) is 6.07 Å². The monoisotopic (exact) mass is 387 g/mol. The van der Waals surface area contributed by atoms with Crippen molar-refractivity contribution in [1.82, 2.24) is 9.97 Å². The average Bonchev–Trinajstić information content (AvgIpc) is 2.74. The first-order chi connectivity index (χ1) is 14.1. The number of para-hydroxylation sites is 1. The molecule has 0 saturated heterocycles. The van der Waals surface area contributed by atoms with Gasteiger partial charge in [-0.05, 0) is 43.3 Å². The maximum atomic E-state index is 12.5. The van der Waals surface area contributed by atoms with Gasteiger partial charge in [0.2, 0.25) is 5.95 Å². The number of rotatable bonds is 6. The Balaban J connectivity index is 1.79. The number of carbonyl (C=O) groups is 2. The molecule has 0 spiro atoms. The standard InChI is InChI=1S/C21H17N5O3/c1-2-29-20(28)16-8-3-4-9-17(16)25-21-23-11-10-18(26-21)19(27)24-15-7-5-6-14(12-15)13-22/h3-12H,2H2,1H3,(H,24,27)(H,23,25,26). The summed E-state index contributed by atoms with van der Waals surface area (Å²) in [6.07, 6.45) is 1.43. The van der Waals surface area contributed by atoms with Gasteiger partial charge >= 0.3 is 5.97 Å². The summed E-state index contributed by atoms with van der Waals surface area (Å²) in [6, 6.07) is 16.8. The van der Waals surface area contributed by atoms with Crippen LogP contribution in [0.4, 0.5) is 17.3 Å². The Kier molecular flexibility index (Phi) is 6.12. The van der Waals surface area contributed by atoms with Crippen molar-refractivity contribution < 1.29 is 14.3 Å². The number of hydrogen-bond donors (Lipinski definition) is 2. The minimum Gasteiger partial charge on any atom is -0.462 e. The Labute approximate surface area is 167 Å². The van der Waals surface area contributed by atoms with Crippen molar-refractivity contribution >= 4 is 29.2 Å². The van der Waals surface area contributed by atoms with Crippen molar-refractivity contribution in [1.29, 1.82) is 5.26 Å². The molecule has 29 heavy (non-hydrogen) atoms. The third-order valence-electron chi connectivity index (χ3n) is 3.81. The summed E-state index contributed by atoms with van der Waals surface area (Å²) in [6.45, 7) is 1.98. The third-order valence-corrected chi connectivity index (χ3v) is 3.81. The molecule has 1 aromatic heterocycles. The summed E-state index contributed by atoms with van der Waals surface area (Å²) in [4.78, 5) is 32.9. The second-order valence-electron chi connectivity index (χ2n) is 5.80. The van der Waals surface area contributed by atoms with Crippen LogP contribution in [0.2, 0.25) is 0 Å². The summed E-state index contributed by atoms with van der Waals surface area (Å²) in [7, 11) is 0. The molecule has 3 rings (SSSR count). The number of anilines is 3. The maximum absolute atomic E-state index is 12.5. The SMILES string of the molecule is CCOC(=O)c1ccccc1Nc1nccc(C(=O)Nc2cccc(C#N)c2)n1. The van der Waals surface area contributed by atoms with E-state index in [0.717, 1.165) is 0 Å². The fourth-order valence-electron chi connectivity index (χ4n) is 2.51. The predicted molar refractivity (Wildman–Crippen MR) is 107 cm³/mol. The summed E-state index contributed by atoms with van der Waals surface area (Å²) in [5, 5.41) is 14.6. The number of amides is 1. The van der Waals surface area contributed by atoms with Crippen LogP contribution in [0.25, 0.3) is 0 Å². The van der Waals surface area contributed by atoms with E-state index in [4.69, 9.17) is 10.00 Å². The molecule has 2 aromatic carbocycles. The van der Waals surface area contributed by atoms with Gasteiger partial charge in [0.25, 0.3) is 5.91 Å². The zero-order valence-corrected chi connectivity index (χ0v) is 15.5. The fraction of sp³-hybridized carbons (Fsp3) is 0.0952. The lowest BCUT2D eigenvalue weighted by Crippen LogP contribution is -2.15. The van der Waals surface area contributed by atoms with Crippen LogP contribution in [0, 0.1) is 11.3 Å². The van der Waals surface area contributed by atoms with Gasteiger partial charge in [0, 0.05) is 11.9 Å². The van der Waals surface area contributed by atoms with Crippen molar-refractivity contribution in [2.24, 2.45) is 0 Å². The van der Waals surface area contributed by atoms with Gasteiger partial charge in [-0.15, -0.1) is 0 Å². The van der Waals surface area contributed by atoms with Crippen LogP contribution in [0.3, 0.4) is 0 Å². The molecule has 1 amide bonds. The Morgan fingerprint density at radius 2 is 1.97 bits per heavy atom. The second-order valence-corrected chi connectivity index (χ2v) is 5.80. The number of esters is 1. The molecule has 8 nitrogen and oxygen atoms in total. The summed E-state index contributed by atoms with van der Waals surface area (Å²) >= 11 is 0. The molecule has 2 N–H and O–H groups in total. The highest BCUT2D eigenvalue weighted by molar-refractivity contribution is 6.03. The van der Waals surface area contributed by atoms with Crippen LogP contribution >= 0.6 is 0 Å². The molecule has 0 aliphatic carbocycles. The van der Waals surface area contributed by atoms with Gasteiger partial charge in [-0.1, -0.05) is 18.2 Å². The molecule has 3 aromatic rings. The van der Waals surface area contributed by atoms with E-state index < -0.39 is 11.9 Å². The van der Waals surface area contributed by atoms with Gasteiger partial charge in [0.15, 0.2) is 0 Å². The molecule has 0 bridgehead atoms. The number of ether oxygens (including phenoxy) is 1. The first kappa shape index (κ1) is 19.5. The first-order valence-corrected chi connectivity index (χ1v) is 8.78. The Hall–Kier alpha value is -4.25. The molecular weight excluding hydrogens is 370 g/mol. The number of nitrogens with one attached hydrogen (secondary N) is 2. The number of benzene rings is 2. The highest BCUT2D eigenvalue weighted by Gasteiger charge is 2.14. The Morgan fingerprint density at radius 1 is 1.14 bits per heavy atom. The fourth-order valence-corrected chi connectivity index (χ4v) is 2.51. The van der Waals surface area contributed by atoms with Crippen molar-refractivity contribution in [3.05, 3.63) is 77.6 Å². The molecule has 0 radical (unpaired) electrons. The van der Waals surface area contributed by atoms with Crippen LogP contribution in [-0.4, -0.2) is 28.5 Å². The quantitative estimate of drug-likeness (QED) is 0.621. The van der Waals surface area contributed by atoms with E-state index in [0.29, 0.717) is 22.5 Å². The van der Waals surface area contributed by atoms with Crippen LogP contribution in [0.1, 0.15) is 33.3 Å². The topological polar surface area (TPSA) is 117 Å². The Morgan fingerprint density at radius 3 is 2.76 bits per heavy atom. The number of nitriles is 1. The van der Waals surface area contributed by atoms with Gasteiger partial charge in [-0.2, -0.15) is 5.26 Å². The van der Waals surface area contributed by atoms with E-state index in [1.165, 1.54) is 12.3 Å². The summed E-state index contributed by atoms with van der Waals surface area (Å²) < 4.78 is 5.05. The van der Waals surface area contributed by atoms with Crippen LogP contribution in [-0.2, 0) is 4.74 Å². The Bertz CT molecular complexity index is 1090. The van der Waals surface area contributed by atoms with Gasteiger partial charge in [-0.25, -0.2) is 14.8 Å². The average molecular weight is 387 g/mol. The smallest absolute Gasteiger partial charge is 0.340 e. The minimum atomic E-state index is -0.470. The van der Waals surface area contributed by atoms with Crippen LogP contribution < -0.4 is 10.6 Å². The van der Waals surface area contributed by atoms with Crippen molar-refractivity contribution in [2.75, 3.05) is 17.2 Å². The number of hydrogen-bond acceptors (Lipinski definition) is 7. The van der Waals surface area contributed by atoms with E-state index in [1.807, 2.05) is 6.07 Å². The highest BCUT2D eigenvalue weighted by Crippen LogP contribution is 2.20. The molecule has 0 fully saturated rings. The van der Waals surface area contributed by atoms with Crippen molar-refractivity contribution in [3.63, 3.8) is 0 Å². The summed E-state index contributed by atoms with van der Waals surface area (Å²) in [5.74, 6) is -0.772. The van der Waals surface area contributed by atoms with E-state index in [-0.39, 0.29) is 18.2 Å². The molecular formula is C21H17N5O3. The molecule has 8 heteroatoms. The van der Waals surface area contributed by atoms with E-state index in [1.54, 1.807) is 55.5 Å². The third kappa shape index (κ3) is 4.93. The minimum absolute atomic E-state index is 0.124. The lowest BCUT2D eigenvalue weighted by molar-refractivity contribution is 0.0527. The van der Waals surface area contributed by atoms with Crippen molar-refractivity contribution in [2.45, 2.75) is 6.92 Å². The molecule has 1 heterocycles. The number of aromatic nitrogens is 2. The van der Waals surface area contributed by atoms with Gasteiger partial charge in [0.05, 0.1) is 29.5 Å². The second kappa shape index (κ2) is 9.10. The molecule has 0 saturated carbocycles. The molecule has 0 aliphatic rings. The summed E-state index contributed by atoms with van der Waals surface area (Å²) in [5.41, 5.74) is 1.84. The van der Waals surface area contributed by atoms with E-state index in [9.17, 15) is 9.59 Å². The number of carbonyl (C=O) groups excluding carboxylic acids is 2. The van der Waals surface area contributed by atoms with E-state index >= 15 is 0 Å². The van der Waals surface area contributed by atoms with Crippen LogP contribution in [0.5, 0.6) is 0 Å². The lowest BCUT2D eigenvalue weighted by atomic mass is 10.2. The molecule has 0 atom stereocenters. The zero-order chi connectivity index (χ0) is 20.6. The normalized spacial score (nSPS) is 9.93. The maximum Gasteiger partial charge on any atom is 0.340 e. The largest absolute Gasteiger partial charge is 0.462 e. The van der Waals surface area contributed by atoms with E-state index in [2.05, 4.69) is 20.6 Å². The highest BCUT2D eigenvalue weighted by atomic mass is 16.5. The van der Waals surface area contributed by atoms with Gasteiger partial charge < -0.3 is 15.4 Å². The van der Waals surface area contributed by atoms with Gasteiger partial charge in [-0.3, -0.25) is 4.79 Å². The van der Waals surface area contributed by atoms with Gasteiger partial charge in [0.1, 0.15) is 5.69 Å². The number of nitrogens with zero attached hydrogens (tertiary/aromatic N) is 3. The molecule has 0 aliphatic heterocycles. The van der Waals surface area contributed by atoms with Crippen LogP contribution in [0.15, 0.2) is 60.8 Å². The lowest BCUT2D eigenvalue weighted by Gasteiger charge is -2.11. The zero-order valence-electron chi connectivity index (χ0n) is 15.5. The molecule has 0 unspecified atom stereocenters. The first-order valence-electron chi connectivity index (χ1n) is 8.78.